The van der Waals surface area contributed by atoms with Crippen molar-refractivity contribution in [2.24, 2.45) is 0 Å². The molecule has 19 heavy (non-hydrogen) atoms. The highest BCUT2D eigenvalue weighted by atomic mass is 35.5. The fourth-order valence-electron chi connectivity index (χ4n) is 1.70. The average molecular weight is 307 g/mol. The van der Waals surface area contributed by atoms with E-state index in [1.54, 1.807) is 13.0 Å². The third-order valence-corrected chi connectivity index (χ3v) is 3.93. The van der Waals surface area contributed by atoms with Crippen molar-refractivity contribution in [3.63, 3.8) is 0 Å². The van der Waals surface area contributed by atoms with Gasteiger partial charge in [-0.25, -0.2) is 4.98 Å². The number of nitrogens with two attached hydrogens (primary N) is 1. The molecule has 0 amide bonds. The van der Waals surface area contributed by atoms with Crippen LogP contribution >= 0.6 is 22.9 Å². The minimum atomic E-state index is -4.45. The molecule has 7 heteroatoms. The highest BCUT2D eigenvalue weighted by Crippen LogP contribution is 2.35. The normalized spacial score (nSPS) is 11.8. The monoisotopic (exact) mass is 306 g/mol. The SMILES string of the molecule is Cc1nc(N)sc1Cc1ccc(Cl)c(C(F)(F)F)c1. The minimum Gasteiger partial charge on any atom is -0.375 e. The van der Waals surface area contributed by atoms with Crippen LogP contribution in [-0.4, -0.2) is 4.98 Å². The molecule has 0 atom stereocenters. The van der Waals surface area contributed by atoms with Gasteiger partial charge in [0.15, 0.2) is 5.13 Å². The standard InChI is InChI=1S/C12H10ClF3N2S/c1-6-10(19-11(17)18-6)5-7-2-3-9(13)8(4-7)12(14,15)16/h2-4H,5H2,1H3,(H2,17,18). The zero-order chi connectivity index (χ0) is 14.2. The van der Waals surface area contributed by atoms with Crippen LogP contribution in [0.1, 0.15) is 21.7 Å². The molecule has 1 heterocycles. The summed E-state index contributed by atoms with van der Waals surface area (Å²) in [5.41, 5.74) is 6.02. The number of hydrogen-bond donors (Lipinski definition) is 1. The minimum absolute atomic E-state index is 0.295. The zero-order valence-electron chi connectivity index (χ0n) is 9.88. The topological polar surface area (TPSA) is 38.9 Å². The molecule has 0 aliphatic heterocycles. The number of alkyl halides is 3. The highest BCUT2D eigenvalue weighted by Gasteiger charge is 2.33. The molecular weight excluding hydrogens is 297 g/mol. The molecule has 2 nitrogen and oxygen atoms in total. The first-order valence-corrected chi connectivity index (χ1v) is 6.54. The second kappa shape index (κ2) is 5.02. The van der Waals surface area contributed by atoms with Crippen molar-refractivity contribution in [2.45, 2.75) is 19.5 Å². The molecule has 0 bridgehead atoms. The van der Waals surface area contributed by atoms with Gasteiger partial charge in [0.2, 0.25) is 0 Å². The molecule has 0 fully saturated rings. The van der Waals surface area contributed by atoms with E-state index in [-0.39, 0.29) is 5.02 Å². The molecule has 1 aromatic heterocycles. The molecule has 0 saturated carbocycles. The Kier molecular flexibility index (Phi) is 3.73. The number of benzene rings is 1. The molecule has 0 aliphatic rings. The predicted octanol–water partition coefficient (Wildman–Crippen LogP) is 4.30. The molecule has 2 aromatic rings. The lowest BCUT2D eigenvalue weighted by atomic mass is 10.1. The number of hydrogen-bond acceptors (Lipinski definition) is 3. The lowest BCUT2D eigenvalue weighted by Crippen LogP contribution is -2.06. The van der Waals surface area contributed by atoms with E-state index < -0.39 is 11.7 Å². The van der Waals surface area contributed by atoms with Crippen LogP contribution in [0.2, 0.25) is 5.02 Å². The number of nitrogen functional groups attached to an aromatic ring is 1. The third kappa shape index (κ3) is 3.19. The van der Waals surface area contributed by atoms with Crippen LogP contribution < -0.4 is 5.73 Å². The number of aryl methyl sites for hydroxylation is 1. The van der Waals surface area contributed by atoms with Crippen LogP contribution in [0, 0.1) is 6.92 Å². The van der Waals surface area contributed by atoms with Crippen molar-refractivity contribution in [1.29, 1.82) is 0 Å². The van der Waals surface area contributed by atoms with E-state index in [4.69, 9.17) is 17.3 Å². The van der Waals surface area contributed by atoms with Gasteiger partial charge in [-0.3, -0.25) is 0 Å². The van der Waals surface area contributed by atoms with Gasteiger partial charge in [-0.2, -0.15) is 13.2 Å². The summed E-state index contributed by atoms with van der Waals surface area (Å²) in [5, 5.41) is 0.120. The van der Waals surface area contributed by atoms with Gasteiger partial charge in [-0.15, -0.1) is 11.3 Å². The van der Waals surface area contributed by atoms with Crippen molar-refractivity contribution in [1.82, 2.24) is 4.98 Å². The van der Waals surface area contributed by atoms with Crippen LogP contribution in [0.4, 0.5) is 18.3 Å². The van der Waals surface area contributed by atoms with Crippen molar-refractivity contribution in [2.75, 3.05) is 5.73 Å². The van der Waals surface area contributed by atoms with E-state index in [2.05, 4.69) is 4.98 Å². The summed E-state index contributed by atoms with van der Waals surface area (Å²) in [6.45, 7) is 1.78. The van der Waals surface area contributed by atoms with Crippen LogP contribution in [-0.2, 0) is 12.6 Å². The lowest BCUT2D eigenvalue weighted by Gasteiger charge is -2.10. The van der Waals surface area contributed by atoms with Crippen LogP contribution in [0.15, 0.2) is 18.2 Å². The first kappa shape index (κ1) is 14.1. The molecule has 0 radical (unpaired) electrons. The first-order chi connectivity index (χ1) is 8.77. The van der Waals surface area contributed by atoms with E-state index in [9.17, 15) is 13.2 Å². The molecule has 0 unspecified atom stereocenters. The van der Waals surface area contributed by atoms with Gasteiger partial charge in [0.25, 0.3) is 0 Å². The van der Waals surface area contributed by atoms with Crippen LogP contribution in [0.3, 0.4) is 0 Å². The molecular formula is C12H10ClF3N2S. The smallest absolute Gasteiger partial charge is 0.375 e. The van der Waals surface area contributed by atoms with E-state index in [0.29, 0.717) is 17.1 Å². The maximum absolute atomic E-state index is 12.7. The Bertz CT molecular complexity index is 608. The number of thiazole rings is 1. The van der Waals surface area contributed by atoms with Gasteiger partial charge in [-0.05, 0) is 24.6 Å². The highest BCUT2D eigenvalue weighted by molar-refractivity contribution is 7.15. The summed E-state index contributed by atoms with van der Waals surface area (Å²) < 4.78 is 38.2. The second-order valence-electron chi connectivity index (χ2n) is 4.05. The number of aromatic nitrogens is 1. The summed E-state index contributed by atoms with van der Waals surface area (Å²) >= 11 is 6.85. The van der Waals surface area contributed by atoms with Crippen molar-refractivity contribution < 1.29 is 13.2 Å². The fourth-order valence-corrected chi connectivity index (χ4v) is 2.79. The van der Waals surface area contributed by atoms with Gasteiger partial charge in [0.05, 0.1) is 16.3 Å². The number of halogens is 4. The Morgan fingerprint density at radius 1 is 1.37 bits per heavy atom. The van der Waals surface area contributed by atoms with E-state index in [0.717, 1.165) is 16.6 Å². The Labute approximate surface area is 117 Å². The Hall–Kier alpha value is -1.27. The molecule has 0 spiro atoms. The van der Waals surface area contributed by atoms with Gasteiger partial charge in [0, 0.05) is 11.3 Å². The zero-order valence-corrected chi connectivity index (χ0v) is 11.5. The molecule has 0 saturated heterocycles. The maximum Gasteiger partial charge on any atom is 0.417 e. The van der Waals surface area contributed by atoms with Crippen LogP contribution in [0.25, 0.3) is 0 Å². The van der Waals surface area contributed by atoms with Crippen molar-refractivity contribution in [3.05, 3.63) is 44.9 Å². The average Bonchev–Trinajstić information content (AvgIpc) is 2.58. The fraction of sp³-hybridized carbons (Fsp3) is 0.250. The molecule has 102 valence electrons. The van der Waals surface area contributed by atoms with E-state index in [1.165, 1.54) is 17.4 Å². The van der Waals surface area contributed by atoms with E-state index >= 15 is 0 Å². The summed E-state index contributed by atoms with van der Waals surface area (Å²) in [7, 11) is 0. The summed E-state index contributed by atoms with van der Waals surface area (Å²) in [6, 6.07) is 3.91. The summed E-state index contributed by atoms with van der Waals surface area (Å²) in [4.78, 5) is 4.90. The third-order valence-electron chi connectivity index (χ3n) is 2.61. The molecule has 2 rings (SSSR count). The maximum atomic E-state index is 12.7. The predicted molar refractivity (Wildman–Crippen MR) is 70.5 cm³/mol. The van der Waals surface area contributed by atoms with Gasteiger partial charge in [0.1, 0.15) is 0 Å². The Morgan fingerprint density at radius 3 is 2.58 bits per heavy atom. The molecule has 0 aliphatic carbocycles. The van der Waals surface area contributed by atoms with Gasteiger partial charge in [-0.1, -0.05) is 17.7 Å². The lowest BCUT2D eigenvalue weighted by molar-refractivity contribution is -0.137. The Balaban J connectivity index is 2.34. The molecule has 2 N–H and O–H groups in total. The van der Waals surface area contributed by atoms with Gasteiger partial charge >= 0.3 is 6.18 Å². The second-order valence-corrected chi connectivity index (χ2v) is 5.57. The number of anilines is 1. The van der Waals surface area contributed by atoms with E-state index in [1.807, 2.05) is 0 Å². The number of rotatable bonds is 2. The first-order valence-electron chi connectivity index (χ1n) is 5.35. The molecule has 1 aromatic carbocycles. The Morgan fingerprint density at radius 2 is 2.05 bits per heavy atom. The van der Waals surface area contributed by atoms with Crippen molar-refractivity contribution >= 4 is 28.1 Å². The number of nitrogens with zero attached hydrogens (tertiary/aromatic N) is 1. The summed E-state index contributed by atoms with van der Waals surface area (Å²) in [6.07, 6.45) is -4.09. The van der Waals surface area contributed by atoms with Crippen molar-refractivity contribution in [3.8, 4) is 0 Å². The largest absolute Gasteiger partial charge is 0.417 e. The van der Waals surface area contributed by atoms with Gasteiger partial charge < -0.3 is 5.73 Å². The van der Waals surface area contributed by atoms with Crippen LogP contribution in [0.5, 0.6) is 0 Å². The quantitative estimate of drug-likeness (QED) is 0.898. The summed E-state index contributed by atoms with van der Waals surface area (Å²) in [5.74, 6) is 0.